The zero-order valence-corrected chi connectivity index (χ0v) is 14.1. The molecule has 2 aromatic carbocycles. The lowest BCUT2D eigenvalue weighted by Gasteiger charge is -2.25. The Morgan fingerprint density at radius 2 is 1.88 bits per heavy atom. The normalized spacial score (nSPS) is 16.2. The van der Waals surface area contributed by atoms with Crippen molar-refractivity contribution in [3.05, 3.63) is 57.6 Å². The summed E-state index contributed by atoms with van der Waals surface area (Å²) >= 11 is 0. The van der Waals surface area contributed by atoms with Crippen LogP contribution in [0.15, 0.2) is 41.4 Å². The minimum Gasteiger partial charge on any atom is -0.493 e. The fourth-order valence-electron chi connectivity index (χ4n) is 2.79. The van der Waals surface area contributed by atoms with Crippen molar-refractivity contribution in [1.82, 2.24) is 0 Å². The van der Waals surface area contributed by atoms with Gasteiger partial charge in [-0.2, -0.15) is 0 Å². The van der Waals surface area contributed by atoms with Gasteiger partial charge < -0.3 is 14.8 Å². The third-order valence-corrected chi connectivity index (χ3v) is 4.13. The van der Waals surface area contributed by atoms with Crippen LogP contribution in [0.4, 0.5) is 11.4 Å². The molecule has 0 fully saturated rings. The molecule has 1 unspecified atom stereocenters. The Labute approximate surface area is 145 Å². The predicted molar refractivity (Wildman–Crippen MR) is 96.2 cm³/mol. The second-order valence-corrected chi connectivity index (χ2v) is 5.73. The molecular weight excluding hydrogens is 322 g/mol. The number of anilines is 1. The number of hydrogen-bond donors (Lipinski definition) is 1. The van der Waals surface area contributed by atoms with Crippen LogP contribution in [0.1, 0.15) is 11.1 Å². The third kappa shape index (κ3) is 3.71. The van der Waals surface area contributed by atoms with E-state index in [2.05, 4.69) is 10.3 Å². The van der Waals surface area contributed by atoms with Crippen molar-refractivity contribution in [2.24, 2.45) is 4.99 Å². The van der Waals surface area contributed by atoms with Gasteiger partial charge in [-0.1, -0.05) is 0 Å². The van der Waals surface area contributed by atoms with Crippen LogP contribution in [-0.4, -0.2) is 37.9 Å². The lowest BCUT2D eigenvalue weighted by molar-refractivity contribution is -0.384. The lowest BCUT2D eigenvalue weighted by Crippen LogP contribution is -2.26. The molecule has 7 nitrogen and oxygen atoms in total. The first-order valence-corrected chi connectivity index (χ1v) is 7.87. The zero-order chi connectivity index (χ0) is 17.8. The molecule has 0 spiro atoms. The van der Waals surface area contributed by atoms with E-state index >= 15 is 0 Å². The van der Waals surface area contributed by atoms with Gasteiger partial charge in [-0.3, -0.25) is 15.1 Å². The quantitative estimate of drug-likeness (QED) is 0.513. The molecule has 2 aromatic rings. The number of nitrogens with one attached hydrogen (secondary N) is 1. The van der Waals surface area contributed by atoms with Crippen LogP contribution in [0.5, 0.6) is 11.5 Å². The van der Waals surface area contributed by atoms with Crippen LogP contribution in [0.25, 0.3) is 0 Å². The summed E-state index contributed by atoms with van der Waals surface area (Å²) in [7, 11) is 3.23. The number of fused-ring (bicyclic) bond motifs is 1. The first kappa shape index (κ1) is 16.8. The van der Waals surface area contributed by atoms with Gasteiger partial charge in [0.25, 0.3) is 5.69 Å². The Morgan fingerprint density at radius 3 is 2.52 bits per heavy atom. The third-order valence-electron chi connectivity index (χ3n) is 4.13. The van der Waals surface area contributed by atoms with Gasteiger partial charge in [-0.25, -0.2) is 0 Å². The second kappa shape index (κ2) is 7.21. The van der Waals surface area contributed by atoms with Crippen LogP contribution in [0, 0.1) is 10.1 Å². The maximum absolute atomic E-state index is 10.7. The highest BCUT2D eigenvalue weighted by atomic mass is 16.6. The van der Waals surface area contributed by atoms with Gasteiger partial charge in [-0.15, -0.1) is 0 Å². The molecule has 0 radical (unpaired) electrons. The van der Waals surface area contributed by atoms with Crippen LogP contribution in [0.2, 0.25) is 0 Å². The molecule has 0 bridgehead atoms. The van der Waals surface area contributed by atoms with Crippen LogP contribution < -0.4 is 14.8 Å². The van der Waals surface area contributed by atoms with Crippen molar-refractivity contribution in [2.75, 3.05) is 26.1 Å². The van der Waals surface area contributed by atoms with Gasteiger partial charge in [0.15, 0.2) is 11.5 Å². The molecule has 1 atom stereocenters. The highest BCUT2D eigenvalue weighted by Crippen LogP contribution is 2.35. The van der Waals surface area contributed by atoms with E-state index in [1.807, 2.05) is 12.1 Å². The molecule has 3 rings (SSSR count). The molecule has 0 aliphatic carbocycles. The molecule has 25 heavy (non-hydrogen) atoms. The summed E-state index contributed by atoms with van der Waals surface area (Å²) in [5.41, 5.74) is 3.06. The maximum atomic E-state index is 10.7. The molecule has 0 amide bonds. The van der Waals surface area contributed by atoms with E-state index in [9.17, 15) is 10.1 Å². The molecule has 0 saturated heterocycles. The summed E-state index contributed by atoms with van der Waals surface area (Å²) in [6.07, 6.45) is 2.54. The van der Waals surface area contributed by atoms with Crippen LogP contribution >= 0.6 is 0 Å². The molecule has 7 heteroatoms. The van der Waals surface area contributed by atoms with Crippen molar-refractivity contribution in [1.29, 1.82) is 0 Å². The smallest absolute Gasteiger partial charge is 0.269 e. The first-order valence-electron chi connectivity index (χ1n) is 7.87. The average Bonchev–Trinajstić information content (AvgIpc) is 2.65. The van der Waals surface area contributed by atoms with E-state index in [0.29, 0.717) is 18.0 Å². The van der Waals surface area contributed by atoms with Gasteiger partial charge in [0.2, 0.25) is 0 Å². The van der Waals surface area contributed by atoms with Crippen molar-refractivity contribution in [3.8, 4) is 11.5 Å². The van der Waals surface area contributed by atoms with Crippen molar-refractivity contribution in [2.45, 2.75) is 12.5 Å². The Hall–Kier alpha value is -3.09. The lowest BCUT2D eigenvalue weighted by atomic mass is 9.99. The van der Waals surface area contributed by atoms with Crippen LogP contribution in [0.3, 0.4) is 0 Å². The molecular formula is C18H19N3O4. The summed E-state index contributed by atoms with van der Waals surface area (Å²) in [5, 5.41) is 14.0. The summed E-state index contributed by atoms with van der Waals surface area (Å²) in [6, 6.07) is 10.3. The Kier molecular flexibility index (Phi) is 4.83. The summed E-state index contributed by atoms with van der Waals surface area (Å²) < 4.78 is 10.7. The Morgan fingerprint density at radius 1 is 1.20 bits per heavy atom. The fourth-order valence-corrected chi connectivity index (χ4v) is 2.79. The van der Waals surface area contributed by atoms with Gasteiger partial charge in [0.05, 0.1) is 25.2 Å². The fraction of sp³-hybridized carbons (Fsp3) is 0.278. The first-order chi connectivity index (χ1) is 12.1. The van der Waals surface area contributed by atoms with E-state index in [-0.39, 0.29) is 11.7 Å². The number of rotatable bonds is 5. The van der Waals surface area contributed by atoms with Crippen molar-refractivity contribution in [3.63, 3.8) is 0 Å². The Bertz CT molecular complexity index is 803. The minimum atomic E-state index is -0.412. The molecule has 1 heterocycles. The number of non-ortho nitro benzene ring substituents is 1. The van der Waals surface area contributed by atoms with E-state index < -0.39 is 4.92 Å². The molecule has 1 N–H and O–H groups in total. The highest BCUT2D eigenvalue weighted by molar-refractivity contribution is 5.80. The minimum absolute atomic E-state index is 0.0754. The number of benzene rings is 2. The Balaban J connectivity index is 1.73. The van der Waals surface area contributed by atoms with Crippen molar-refractivity contribution >= 4 is 17.6 Å². The van der Waals surface area contributed by atoms with Gasteiger partial charge in [0.1, 0.15) is 0 Å². The number of nitrogens with zero attached hydrogens (tertiary/aromatic N) is 2. The van der Waals surface area contributed by atoms with Gasteiger partial charge in [0, 0.05) is 36.6 Å². The topological polar surface area (TPSA) is 86.0 Å². The number of ether oxygens (including phenoxy) is 2. The monoisotopic (exact) mass is 341 g/mol. The number of nitro groups is 1. The average molecular weight is 341 g/mol. The van der Waals surface area contributed by atoms with Crippen LogP contribution in [-0.2, 0) is 6.42 Å². The van der Waals surface area contributed by atoms with E-state index in [4.69, 9.17) is 9.47 Å². The largest absolute Gasteiger partial charge is 0.493 e. The van der Waals surface area contributed by atoms with Crippen molar-refractivity contribution < 1.29 is 14.4 Å². The molecule has 1 aliphatic heterocycles. The number of nitro benzene ring substituents is 1. The molecule has 0 aromatic heterocycles. The maximum Gasteiger partial charge on any atom is 0.269 e. The summed E-state index contributed by atoms with van der Waals surface area (Å²) in [6.45, 7) is 0.714. The zero-order valence-electron chi connectivity index (χ0n) is 14.1. The summed E-state index contributed by atoms with van der Waals surface area (Å²) in [5.74, 6) is 1.39. The van der Waals surface area contributed by atoms with E-state index in [0.717, 1.165) is 23.2 Å². The van der Waals surface area contributed by atoms with E-state index in [1.165, 1.54) is 12.1 Å². The van der Waals surface area contributed by atoms with Gasteiger partial charge >= 0.3 is 0 Å². The SMILES string of the molecule is COc1cc2c(cc1OC)NCC(/N=C/c1ccc([N+](=O)[O-])cc1)C2. The van der Waals surface area contributed by atoms with E-state index in [1.54, 1.807) is 32.6 Å². The number of aliphatic imine (C=N–C) groups is 1. The second-order valence-electron chi connectivity index (χ2n) is 5.73. The summed E-state index contributed by atoms with van der Waals surface area (Å²) in [4.78, 5) is 14.9. The molecule has 0 saturated carbocycles. The molecule has 1 aliphatic rings. The molecule has 130 valence electrons. The number of hydrogen-bond acceptors (Lipinski definition) is 6. The predicted octanol–water partition coefficient (Wildman–Crippen LogP) is 3.07. The highest BCUT2D eigenvalue weighted by Gasteiger charge is 2.20. The van der Waals surface area contributed by atoms with Gasteiger partial charge in [-0.05, 0) is 35.7 Å². The standard InChI is InChI=1S/C18H19N3O4/c1-24-17-8-13-7-14(11-20-16(13)9-18(17)25-2)19-10-12-3-5-15(6-4-12)21(22)23/h3-6,8-10,14,20H,7,11H2,1-2H3/b19-10+. The number of methoxy groups -OCH3 is 2.